The number of carbonyl (C=O) groups excluding carboxylic acids is 1. The van der Waals surface area contributed by atoms with Gasteiger partial charge in [0.1, 0.15) is 6.61 Å². The standard InChI is InChI=1S/C9H8BrN3O3/c10-4-1-6-7(13-9(16)12-6)2-5(4)11-8(15)3-14/h1-2,14H,3H2,(H,11,15)(H2,12,13,16). The molecule has 2 aromatic rings. The average molecular weight is 286 g/mol. The van der Waals surface area contributed by atoms with Crippen molar-refractivity contribution in [1.82, 2.24) is 9.97 Å². The first-order chi connectivity index (χ1) is 7.60. The number of benzene rings is 1. The molecule has 1 heterocycles. The number of anilines is 1. The molecule has 2 rings (SSSR count). The molecule has 4 N–H and O–H groups in total. The first-order valence-electron chi connectivity index (χ1n) is 4.42. The topological polar surface area (TPSA) is 98.0 Å². The molecule has 0 spiro atoms. The van der Waals surface area contributed by atoms with E-state index in [1.165, 1.54) is 0 Å². The van der Waals surface area contributed by atoms with Crippen molar-refractivity contribution in [3.63, 3.8) is 0 Å². The number of H-pyrrole nitrogens is 2. The van der Waals surface area contributed by atoms with Crippen LogP contribution in [0.2, 0.25) is 0 Å². The zero-order chi connectivity index (χ0) is 11.7. The van der Waals surface area contributed by atoms with Gasteiger partial charge in [0.25, 0.3) is 0 Å². The van der Waals surface area contributed by atoms with E-state index in [0.717, 1.165) is 0 Å². The predicted octanol–water partition coefficient (Wildman–Crippen LogP) is 0.549. The third kappa shape index (κ3) is 2.00. The van der Waals surface area contributed by atoms with Crippen molar-refractivity contribution in [3.8, 4) is 0 Å². The molecule has 0 aliphatic heterocycles. The normalized spacial score (nSPS) is 10.6. The minimum Gasteiger partial charge on any atom is -0.387 e. The molecule has 0 radical (unpaired) electrons. The number of aliphatic hydroxyl groups is 1. The summed E-state index contributed by atoms with van der Waals surface area (Å²) in [5.74, 6) is -0.516. The van der Waals surface area contributed by atoms with Crippen molar-refractivity contribution >= 4 is 38.6 Å². The van der Waals surface area contributed by atoms with Crippen LogP contribution in [0.15, 0.2) is 21.4 Å². The molecule has 6 nitrogen and oxygen atoms in total. The molecule has 1 aromatic heterocycles. The first kappa shape index (κ1) is 10.9. The number of rotatable bonds is 2. The SMILES string of the molecule is O=C(CO)Nc1cc2[nH]c(=O)[nH]c2cc1Br. The molecule has 1 amide bonds. The fourth-order valence-corrected chi connectivity index (χ4v) is 1.78. The summed E-state index contributed by atoms with van der Waals surface area (Å²) in [4.78, 5) is 27.2. The van der Waals surface area contributed by atoms with Crippen LogP contribution in [0.25, 0.3) is 11.0 Å². The van der Waals surface area contributed by atoms with Crippen molar-refractivity contribution < 1.29 is 9.90 Å². The Morgan fingerprint density at radius 1 is 1.38 bits per heavy atom. The Morgan fingerprint density at radius 3 is 2.62 bits per heavy atom. The van der Waals surface area contributed by atoms with E-state index in [4.69, 9.17) is 5.11 Å². The molecule has 7 heteroatoms. The lowest BCUT2D eigenvalue weighted by atomic mass is 10.2. The molecule has 0 atom stereocenters. The zero-order valence-corrected chi connectivity index (χ0v) is 9.59. The van der Waals surface area contributed by atoms with Gasteiger partial charge in [0, 0.05) is 4.47 Å². The van der Waals surface area contributed by atoms with Crippen LogP contribution in [0.5, 0.6) is 0 Å². The smallest absolute Gasteiger partial charge is 0.323 e. The van der Waals surface area contributed by atoms with Crippen LogP contribution < -0.4 is 11.0 Å². The fraction of sp³-hybridized carbons (Fsp3) is 0.111. The van der Waals surface area contributed by atoms with Crippen molar-refractivity contribution in [2.75, 3.05) is 11.9 Å². The number of fused-ring (bicyclic) bond motifs is 1. The molecule has 0 aliphatic carbocycles. The van der Waals surface area contributed by atoms with Gasteiger partial charge in [-0.05, 0) is 28.1 Å². The summed E-state index contributed by atoms with van der Waals surface area (Å²) in [7, 11) is 0. The second kappa shape index (κ2) is 4.11. The summed E-state index contributed by atoms with van der Waals surface area (Å²) in [6, 6.07) is 3.27. The number of amides is 1. The monoisotopic (exact) mass is 285 g/mol. The molecule has 0 saturated carbocycles. The predicted molar refractivity (Wildman–Crippen MR) is 62.3 cm³/mol. The second-order valence-corrected chi connectivity index (χ2v) is 4.02. The van der Waals surface area contributed by atoms with E-state index in [0.29, 0.717) is 21.2 Å². The van der Waals surface area contributed by atoms with Crippen LogP contribution in [-0.2, 0) is 4.79 Å². The Morgan fingerprint density at radius 2 is 2.00 bits per heavy atom. The maximum absolute atomic E-state index is 11.0. The number of aliphatic hydroxyl groups excluding tert-OH is 1. The number of halogens is 1. The molecule has 0 unspecified atom stereocenters. The quantitative estimate of drug-likeness (QED) is 0.649. The molecule has 1 aromatic carbocycles. The third-order valence-electron chi connectivity index (χ3n) is 2.02. The Labute approximate surface area is 97.8 Å². The molecule has 0 bridgehead atoms. The molecule has 84 valence electrons. The number of aromatic nitrogens is 2. The van der Waals surface area contributed by atoms with Gasteiger partial charge in [-0.25, -0.2) is 4.79 Å². The van der Waals surface area contributed by atoms with Crippen molar-refractivity contribution in [1.29, 1.82) is 0 Å². The molecule has 0 fully saturated rings. The summed E-state index contributed by atoms with van der Waals surface area (Å²) in [6.07, 6.45) is 0. The van der Waals surface area contributed by atoms with Crippen LogP contribution >= 0.6 is 15.9 Å². The summed E-state index contributed by atoms with van der Waals surface area (Å²) in [5, 5.41) is 11.1. The van der Waals surface area contributed by atoms with E-state index in [1.807, 2.05) is 0 Å². The number of hydrogen-bond donors (Lipinski definition) is 4. The highest BCUT2D eigenvalue weighted by Crippen LogP contribution is 2.26. The highest BCUT2D eigenvalue weighted by molar-refractivity contribution is 9.10. The molecular formula is C9H8BrN3O3. The van der Waals surface area contributed by atoms with Crippen molar-refractivity contribution in [3.05, 3.63) is 27.1 Å². The van der Waals surface area contributed by atoms with Gasteiger partial charge in [-0.15, -0.1) is 0 Å². The number of nitrogens with one attached hydrogen (secondary N) is 3. The molecule has 0 saturated heterocycles. The minimum atomic E-state index is -0.589. The Balaban J connectivity index is 2.49. The summed E-state index contributed by atoms with van der Waals surface area (Å²) in [6.45, 7) is -0.589. The van der Waals surface area contributed by atoms with Gasteiger partial charge in [0.2, 0.25) is 5.91 Å². The fourth-order valence-electron chi connectivity index (χ4n) is 1.34. The lowest BCUT2D eigenvalue weighted by Gasteiger charge is -2.05. The highest BCUT2D eigenvalue weighted by Gasteiger charge is 2.07. The maximum Gasteiger partial charge on any atom is 0.323 e. The zero-order valence-electron chi connectivity index (χ0n) is 8.00. The minimum absolute atomic E-state index is 0.312. The van der Waals surface area contributed by atoms with E-state index < -0.39 is 12.5 Å². The second-order valence-electron chi connectivity index (χ2n) is 3.16. The van der Waals surface area contributed by atoms with Crippen LogP contribution in [0, 0.1) is 0 Å². The van der Waals surface area contributed by atoms with E-state index >= 15 is 0 Å². The highest BCUT2D eigenvalue weighted by atomic mass is 79.9. The summed E-state index contributed by atoms with van der Waals surface area (Å²) < 4.78 is 0.622. The lowest BCUT2D eigenvalue weighted by molar-refractivity contribution is -0.118. The summed E-state index contributed by atoms with van der Waals surface area (Å²) >= 11 is 3.25. The van der Waals surface area contributed by atoms with Gasteiger partial charge >= 0.3 is 5.69 Å². The maximum atomic E-state index is 11.0. The molecule has 16 heavy (non-hydrogen) atoms. The van der Waals surface area contributed by atoms with Gasteiger partial charge < -0.3 is 20.4 Å². The number of carbonyl (C=O) groups is 1. The van der Waals surface area contributed by atoms with E-state index in [1.54, 1.807) is 12.1 Å². The van der Waals surface area contributed by atoms with Gasteiger partial charge in [0.15, 0.2) is 0 Å². The Bertz CT molecular complexity index is 602. The number of hydrogen-bond acceptors (Lipinski definition) is 3. The average Bonchev–Trinajstić information content (AvgIpc) is 2.58. The van der Waals surface area contributed by atoms with Gasteiger partial charge in [-0.1, -0.05) is 0 Å². The van der Waals surface area contributed by atoms with Gasteiger partial charge in [-0.2, -0.15) is 0 Å². The lowest BCUT2D eigenvalue weighted by Crippen LogP contribution is -2.15. The third-order valence-corrected chi connectivity index (χ3v) is 2.68. The van der Waals surface area contributed by atoms with Crippen LogP contribution in [0.1, 0.15) is 0 Å². The van der Waals surface area contributed by atoms with E-state index in [9.17, 15) is 9.59 Å². The van der Waals surface area contributed by atoms with Crippen molar-refractivity contribution in [2.45, 2.75) is 0 Å². The first-order valence-corrected chi connectivity index (χ1v) is 5.21. The van der Waals surface area contributed by atoms with Crippen LogP contribution in [0.4, 0.5) is 5.69 Å². The molecule has 0 aliphatic rings. The van der Waals surface area contributed by atoms with E-state index in [2.05, 4.69) is 31.2 Å². The van der Waals surface area contributed by atoms with Gasteiger partial charge in [-0.3, -0.25) is 4.79 Å². The number of imidazole rings is 1. The summed E-state index contributed by atoms with van der Waals surface area (Å²) in [5.41, 5.74) is 1.40. The van der Waals surface area contributed by atoms with Gasteiger partial charge in [0.05, 0.1) is 16.7 Å². The van der Waals surface area contributed by atoms with Crippen molar-refractivity contribution in [2.24, 2.45) is 0 Å². The van der Waals surface area contributed by atoms with E-state index in [-0.39, 0.29) is 5.69 Å². The number of aromatic amines is 2. The van der Waals surface area contributed by atoms with Crippen LogP contribution in [-0.4, -0.2) is 27.6 Å². The largest absolute Gasteiger partial charge is 0.387 e. The Kier molecular flexibility index (Phi) is 2.80. The molecular weight excluding hydrogens is 278 g/mol. The Hall–Kier alpha value is -1.60. The van der Waals surface area contributed by atoms with Crippen LogP contribution in [0.3, 0.4) is 0 Å².